The van der Waals surface area contributed by atoms with Gasteiger partial charge in [-0.25, -0.2) is 4.79 Å². The normalized spacial score (nSPS) is 10.9. The van der Waals surface area contributed by atoms with Gasteiger partial charge < -0.3 is 20.5 Å². The number of amides is 3. The van der Waals surface area contributed by atoms with Crippen molar-refractivity contribution in [1.82, 2.24) is 15.2 Å². The summed E-state index contributed by atoms with van der Waals surface area (Å²) in [5.41, 5.74) is 2.57. The fraction of sp³-hybridized carbons (Fsp3) is 0.238. The number of anilines is 1. The van der Waals surface area contributed by atoms with E-state index in [0.29, 0.717) is 17.3 Å². The summed E-state index contributed by atoms with van der Waals surface area (Å²) in [6.45, 7) is 4.43. The molecule has 3 rings (SSSR count). The standard InChI is InChI=1S/C21H23ClN4O2/c1-14(2)24-21(28)25-18-7-3-15(4-8-18)12-23-20(27)13-26-10-9-16-5-6-17(22)11-19(16)26/h3-11,14H,12-13H2,1-2H3,(H,23,27)(H2,24,25,28). The third-order valence-electron chi connectivity index (χ3n) is 4.17. The second kappa shape index (κ2) is 8.80. The van der Waals surface area contributed by atoms with Gasteiger partial charge in [0.2, 0.25) is 5.91 Å². The molecule has 0 fully saturated rings. The van der Waals surface area contributed by atoms with Gasteiger partial charge in [-0.1, -0.05) is 29.8 Å². The maximum atomic E-state index is 12.3. The van der Waals surface area contributed by atoms with Crippen LogP contribution in [-0.2, 0) is 17.9 Å². The van der Waals surface area contributed by atoms with E-state index in [2.05, 4.69) is 16.0 Å². The van der Waals surface area contributed by atoms with Gasteiger partial charge in [0.25, 0.3) is 0 Å². The van der Waals surface area contributed by atoms with Crippen LogP contribution >= 0.6 is 11.6 Å². The summed E-state index contributed by atoms with van der Waals surface area (Å²) in [5, 5.41) is 10.1. The molecule has 0 aliphatic rings. The van der Waals surface area contributed by atoms with Gasteiger partial charge in [-0.15, -0.1) is 0 Å². The quantitative estimate of drug-likeness (QED) is 0.583. The van der Waals surface area contributed by atoms with Crippen LogP contribution in [0.2, 0.25) is 5.02 Å². The number of rotatable bonds is 6. The van der Waals surface area contributed by atoms with Gasteiger partial charge in [0, 0.05) is 35.0 Å². The second-order valence-electron chi connectivity index (χ2n) is 6.87. The Balaban J connectivity index is 1.53. The largest absolute Gasteiger partial charge is 0.350 e. The average molecular weight is 399 g/mol. The molecule has 0 unspecified atom stereocenters. The number of urea groups is 1. The Bertz CT molecular complexity index is 980. The van der Waals surface area contributed by atoms with Crippen molar-refractivity contribution in [2.75, 3.05) is 5.32 Å². The minimum Gasteiger partial charge on any atom is -0.350 e. The molecule has 3 N–H and O–H groups in total. The lowest BCUT2D eigenvalue weighted by atomic mass is 10.2. The number of aromatic nitrogens is 1. The van der Waals surface area contributed by atoms with Gasteiger partial charge in [-0.05, 0) is 55.1 Å². The van der Waals surface area contributed by atoms with Crippen LogP contribution in [-0.4, -0.2) is 22.5 Å². The van der Waals surface area contributed by atoms with E-state index >= 15 is 0 Å². The molecule has 28 heavy (non-hydrogen) atoms. The number of halogens is 1. The molecule has 3 amide bonds. The number of hydrogen-bond acceptors (Lipinski definition) is 2. The van der Waals surface area contributed by atoms with Crippen molar-refractivity contribution in [3.05, 3.63) is 65.3 Å². The number of benzene rings is 2. The minimum atomic E-state index is -0.241. The highest BCUT2D eigenvalue weighted by Gasteiger charge is 2.07. The van der Waals surface area contributed by atoms with E-state index in [4.69, 9.17) is 11.6 Å². The Hall–Kier alpha value is -2.99. The molecule has 0 aliphatic carbocycles. The molecular formula is C21H23ClN4O2. The Kier molecular flexibility index (Phi) is 6.21. The summed E-state index contributed by atoms with van der Waals surface area (Å²) in [4.78, 5) is 24.0. The van der Waals surface area contributed by atoms with Crippen molar-refractivity contribution in [1.29, 1.82) is 0 Å². The van der Waals surface area contributed by atoms with Gasteiger partial charge in [0.1, 0.15) is 6.54 Å². The summed E-state index contributed by atoms with van der Waals surface area (Å²) in [6, 6.07) is 14.8. The van der Waals surface area contributed by atoms with Crippen LogP contribution in [0.5, 0.6) is 0 Å². The van der Waals surface area contributed by atoms with Crippen LogP contribution in [0, 0.1) is 0 Å². The predicted octanol–water partition coefficient (Wildman–Crippen LogP) is 4.14. The first-order valence-corrected chi connectivity index (χ1v) is 9.46. The molecule has 0 saturated heterocycles. The van der Waals surface area contributed by atoms with Crippen molar-refractivity contribution < 1.29 is 9.59 Å². The highest BCUT2D eigenvalue weighted by atomic mass is 35.5. The number of fused-ring (bicyclic) bond motifs is 1. The van der Waals surface area contributed by atoms with Crippen LogP contribution < -0.4 is 16.0 Å². The first kappa shape index (κ1) is 19.8. The first-order chi connectivity index (χ1) is 13.4. The molecule has 0 bridgehead atoms. The fourth-order valence-corrected chi connectivity index (χ4v) is 3.01. The van der Waals surface area contributed by atoms with Crippen LogP contribution in [0.15, 0.2) is 54.7 Å². The summed E-state index contributed by atoms with van der Waals surface area (Å²) >= 11 is 6.05. The smallest absolute Gasteiger partial charge is 0.319 e. The minimum absolute atomic E-state index is 0.0722. The highest BCUT2D eigenvalue weighted by molar-refractivity contribution is 6.31. The third kappa shape index (κ3) is 5.27. The molecule has 6 nitrogen and oxygen atoms in total. The van der Waals surface area contributed by atoms with E-state index in [1.165, 1.54) is 0 Å². The van der Waals surface area contributed by atoms with E-state index < -0.39 is 0 Å². The lowest BCUT2D eigenvalue weighted by Crippen LogP contribution is -2.34. The molecule has 146 valence electrons. The van der Waals surface area contributed by atoms with Gasteiger partial charge in [0.15, 0.2) is 0 Å². The van der Waals surface area contributed by atoms with Crippen LogP contribution in [0.4, 0.5) is 10.5 Å². The number of carbonyl (C=O) groups is 2. The van der Waals surface area contributed by atoms with Crippen LogP contribution in [0.1, 0.15) is 19.4 Å². The third-order valence-corrected chi connectivity index (χ3v) is 4.41. The lowest BCUT2D eigenvalue weighted by Gasteiger charge is -2.11. The molecule has 0 radical (unpaired) electrons. The Morgan fingerprint density at radius 1 is 1.07 bits per heavy atom. The fourth-order valence-electron chi connectivity index (χ4n) is 2.84. The zero-order valence-electron chi connectivity index (χ0n) is 15.8. The maximum Gasteiger partial charge on any atom is 0.319 e. The van der Waals surface area contributed by atoms with Crippen LogP contribution in [0.25, 0.3) is 10.9 Å². The van der Waals surface area contributed by atoms with Crippen molar-refractivity contribution in [3.63, 3.8) is 0 Å². The van der Waals surface area contributed by atoms with Gasteiger partial charge in [-0.2, -0.15) is 0 Å². The van der Waals surface area contributed by atoms with E-state index in [1.807, 2.05) is 73.1 Å². The number of nitrogens with one attached hydrogen (secondary N) is 3. The zero-order chi connectivity index (χ0) is 20.1. The second-order valence-corrected chi connectivity index (χ2v) is 7.31. The average Bonchev–Trinajstić information content (AvgIpc) is 3.02. The summed E-state index contributed by atoms with van der Waals surface area (Å²) in [5.74, 6) is -0.0870. The molecule has 3 aromatic rings. The van der Waals surface area contributed by atoms with Gasteiger partial charge in [-0.3, -0.25) is 4.79 Å². The highest BCUT2D eigenvalue weighted by Crippen LogP contribution is 2.20. The molecule has 0 aliphatic heterocycles. The van der Waals surface area contributed by atoms with E-state index in [-0.39, 0.29) is 24.5 Å². The van der Waals surface area contributed by atoms with Crippen molar-refractivity contribution >= 4 is 40.1 Å². The van der Waals surface area contributed by atoms with Crippen molar-refractivity contribution in [3.8, 4) is 0 Å². The molecule has 0 atom stereocenters. The number of carbonyl (C=O) groups excluding carboxylic acids is 2. The molecular weight excluding hydrogens is 376 g/mol. The Morgan fingerprint density at radius 2 is 1.82 bits per heavy atom. The molecule has 0 spiro atoms. The maximum absolute atomic E-state index is 12.3. The molecule has 0 saturated carbocycles. The topological polar surface area (TPSA) is 75.2 Å². The van der Waals surface area contributed by atoms with E-state index in [0.717, 1.165) is 16.5 Å². The lowest BCUT2D eigenvalue weighted by molar-refractivity contribution is -0.121. The molecule has 1 heterocycles. The van der Waals surface area contributed by atoms with E-state index in [9.17, 15) is 9.59 Å². The summed E-state index contributed by atoms with van der Waals surface area (Å²) < 4.78 is 1.87. The Morgan fingerprint density at radius 3 is 2.54 bits per heavy atom. The SMILES string of the molecule is CC(C)NC(=O)Nc1ccc(CNC(=O)Cn2ccc3ccc(Cl)cc32)cc1. The van der Waals surface area contributed by atoms with Crippen LogP contribution in [0.3, 0.4) is 0 Å². The molecule has 1 aromatic heterocycles. The van der Waals surface area contributed by atoms with Gasteiger partial charge >= 0.3 is 6.03 Å². The molecule has 7 heteroatoms. The van der Waals surface area contributed by atoms with Gasteiger partial charge in [0.05, 0.1) is 0 Å². The monoisotopic (exact) mass is 398 g/mol. The zero-order valence-corrected chi connectivity index (χ0v) is 16.6. The Labute approximate surface area is 168 Å². The predicted molar refractivity (Wildman–Crippen MR) is 113 cm³/mol. The van der Waals surface area contributed by atoms with E-state index in [1.54, 1.807) is 0 Å². The number of hydrogen-bond donors (Lipinski definition) is 3. The number of nitrogens with zero attached hydrogens (tertiary/aromatic N) is 1. The first-order valence-electron chi connectivity index (χ1n) is 9.08. The van der Waals surface area contributed by atoms with Crippen molar-refractivity contribution in [2.24, 2.45) is 0 Å². The van der Waals surface area contributed by atoms with Crippen molar-refractivity contribution in [2.45, 2.75) is 33.0 Å². The summed E-state index contributed by atoms with van der Waals surface area (Å²) in [7, 11) is 0. The summed E-state index contributed by atoms with van der Waals surface area (Å²) in [6.07, 6.45) is 1.88. The molecule has 2 aromatic carbocycles.